The Hall–Kier alpha value is -0.590. The number of nitrogens with zero attached hydrogens (tertiary/aromatic N) is 1. The van der Waals surface area contributed by atoms with E-state index in [4.69, 9.17) is 5.73 Å². The molecule has 6 heteroatoms. The molecule has 0 saturated heterocycles. The number of hydrogen-bond acceptors (Lipinski definition) is 3. The molecule has 1 fully saturated rings. The van der Waals surface area contributed by atoms with E-state index < -0.39 is 10.0 Å². The van der Waals surface area contributed by atoms with Gasteiger partial charge in [0.05, 0.1) is 4.90 Å². The highest BCUT2D eigenvalue weighted by Crippen LogP contribution is 2.31. The van der Waals surface area contributed by atoms with Crippen molar-refractivity contribution in [1.82, 2.24) is 4.31 Å². The third-order valence-electron chi connectivity index (χ3n) is 3.61. The summed E-state index contributed by atoms with van der Waals surface area (Å²) < 4.78 is 27.4. The van der Waals surface area contributed by atoms with E-state index in [2.05, 4.69) is 15.9 Å². The Morgan fingerprint density at radius 1 is 1.42 bits per heavy atom. The summed E-state index contributed by atoms with van der Waals surface area (Å²) >= 11 is 3.30. The molecule has 0 heterocycles. The van der Waals surface area contributed by atoms with Crippen molar-refractivity contribution in [1.29, 1.82) is 0 Å². The third kappa shape index (κ3) is 3.12. The zero-order valence-electron chi connectivity index (χ0n) is 11.0. The van der Waals surface area contributed by atoms with Crippen LogP contribution in [0.5, 0.6) is 0 Å². The summed E-state index contributed by atoms with van der Waals surface area (Å²) in [4.78, 5) is 0.258. The van der Waals surface area contributed by atoms with Gasteiger partial charge in [0.1, 0.15) is 0 Å². The van der Waals surface area contributed by atoms with Crippen LogP contribution in [0.25, 0.3) is 0 Å². The van der Waals surface area contributed by atoms with E-state index in [1.165, 1.54) is 12.5 Å². The van der Waals surface area contributed by atoms with Crippen molar-refractivity contribution in [2.75, 3.05) is 18.8 Å². The Balaban J connectivity index is 2.30. The number of benzene rings is 1. The highest BCUT2D eigenvalue weighted by Gasteiger charge is 2.29. The van der Waals surface area contributed by atoms with Gasteiger partial charge in [0.25, 0.3) is 0 Å². The lowest BCUT2D eigenvalue weighted by molar-refractivity contribution is 0.250. The van der Waals surface area contributed by atoms with Gasteiger partial charge in [-0.05, 0) is 52.9 Å². The number of nitrogen functional groups attached to an aromatic ring is 1. The van der Waals surface area contributed by atoms with Gasteiger partial charge in [0.2, 0.25) is 10.0 Å². The van der Waals surface area contributed by atoms with Crippen LogP contribution in [-0.2, 0) is 10.0 Å². The first-order chi connectivity index (χ1) is 8.95. The maximum absolute atomic E-state index is 12.7. The van der Waals surface area contributed by atoms with Crippen molar-refractivity contribution >= 4 is 31.6 Å². The quantitative estimate of drug-likeness (QED) is 0.833. The largest absolute Gasteiger partial charge is 0.399 e. The van der Waals surface area contributed by atoms with E-state index in [-0.39, 0.29) is 4.90 Å². The smallest absolute Gasteiger partial charge is 0.244 e. The van der Waals surface area contributed by atoms with Crippen molar-refractivity contribution in [3.63, 3.8) is 0 Å². The summed E-state index contributed by atoms with van der Waals surface area (Å²) in [6.07, 6.45) is 3.47. The first-order valence-electron chi connectivity index (χ1n) is 6.50. The van der Waals surface area contributed by atoms with Gasteiger partial charge in [-0.1, -0.05) is 13.3 Å². The third-order valence-corrected chi connectivity index (χ3v) is 6.55. The summed E-state index contributed by atoms with van der Waals surface area (Å²) in [6.45, 7) is 2.97. The van der Waals surface area contributed by atoms with Crippen molar-refractivity contribution < 1.29 is 8.42 Å². The predicted molar refractivity (Wildman–Crippen MR) is 80.3 cm³/mol. The monoisotopic (exact) mass is 346 g/mol. The molecule has 0 bridgehead atoms. The first kappa shape index (κ1) is 14.8. The lowest BCUT2D eigenvalue weighted by Crippen LogP contribution is -2.37. The Morgan fingerprint density at radius 2 is 2.11 bits per heavy atom. The Labute approximate surface area is 123 Å². The molecule has 1 aliphatic rings. The molecule has 0 aromatic heterocycles. The lowest BCUT2D eigenvalue weighted by atomic mass is 9.85. The minimum Gasteiger partial charge on any atom is -0.399 e. The number of sulfonamides is 1. The van der Waals surface area contributed by atoms with Crippen LogP contribution < -0.4 is 5.73 Å². The van der Waals surface area contributed by atoms with Gasteiger partial charge in [0, 0.05) is 23.2 Å². The van der Waals surface area contributed by atoms with Crippen LogP contribution in [0.1, 0.15) is 26.2 Å². The van der Waals surface area contributed by atoms with Crippen molar-refractivity contribution in [3.8, 4) is 0 Å². The van der Waals surface area contributed by atoms with Crippen LogP contribution in [-0.4, -0.2) is 25.8 Å². The molecule has 0 unspecified atom stereocenters. The number of halogens is 1. The van der Waals surface area contributed by atoms with E-state index in [0.717, 1.165) is 12.8 Å². The fraction of sp³-hybridized carbons (Fsp3) is 0.538. The molecule has 1 aromatic carbocycles. The fourth-order valence-corrected chi connectivity index (χ4v) is 4.70. The van der Waals surface area contributed by atoms with E-state index in [1.807, 2.05) is 6.92 Å². The molecular weight excluding hydrogens is 328 g/mol. The summed E-state index contributed by atoms with van der Waals surface area (Å²) in [7, 11) is -3.47. The summed E-state index contributed by atoms with van der Waals surface area (Å²) in [5.74, 6) is 0.509. The molecule has 0 aliphatic heterocycles. The summed E-state index contributed by atoms with van der Waals surface area (Å²) in [6, 6.07) is 4.88. The zero-order valence-corrected chi connectivity index (χ0v) is 13.4. The zero-order chi connectivity index (χ0) is 14.0. The minimum atomic E-state index is -3.47. The first-order valence-corrected chi connectivity index (χ1v) is 8.73. The highest BCUT2D eigenvalue weighted by atomic mass is 79.9. The summed E-state index contributed by atoms with van der Waals surface area (Å²) in [5.41, 5.74) is 6.16. The van der Waals surface area contributed by atoms with Crippen LogP contribution in [0, 0.1) is 5.92 Å². The maximum Gasteiger partial charge on any atom is 0.244 e. The van der Waals surface area contributed by atoms with E-state index in [9.17, 15) is 8.42 Å². The number of nitrogens with two attached hydrogens (primary N) is 1. The molecule has 0 amide bonds. The average molecular weight is 347 g/mol. The topological polar surface area (TPSA) is 63.4 Å². The molecule has 1 aliphatic carbocycles. The van der Waals surface area contributed by atoms with Crippen molar-refractivity contribution in [2.24, 2.45) is 5.92 Å². The predicted octanol–water partition coefficient (Wildman–Crippen LogP) is 2.84. The van der Waals surface area contributed by atoms with Crippen molar-refractivity contribution in [2.45, 2.75) is 31.1 Å². The molecule has 0 spiro atoms. The van der Waals surface area contributed by atoms with Gasteiger partial charge in [-0.2, -0.15) is 4.31 Å². The van der Waals surface area contributed by atoms with Crippen LogP contribution >= 0.6 is 15.9 Å². The second-order valence-corrected chi connectivity index (χ2v) is 7.70. The maximum atomic E-state index is 12.7. The fourth-order valence-electron chi connectivity index (χ4n) is 2.22. The number of hydrogen-bond donors (Lipinski definition) is 1. The molecule has 1 saturated carbocycles. The van der Waals surface area contributed by atoms with Gasteiger partial charge in [0.15, 0.2) is 0 Å². The Kier molecular flexibility index (Phi) is 4.53. The molecule has 4 nitrogen and oxygen atoms in total. The van der Waals surface area contributed by atoms with E-state index in [0.29, 0.717) is 29.2 Å². The molecule has 2 rings (SSSR count). The summed E-state index contributed by atoms with van der Waals surface area (Å²) in [5, 5.41) is 0. The Bertz CT molecular complexity index is 556. The lowest BCUT2D eigenvalue weighted by Gasteiger charge is -2.31. The molecule has 19 heavy (non-hydrogen) atoms. The van der Waals surface area contributed by atoms with E-state index >= 15 is 0 Å². The average Bonchev–Trinajstić information content (AvgIpc) is 2.30. The number of anilines is 1. The van der Waals surface area contributed by atoms with Gasteiger partial charge in [-0.3, -0.25) is 0 Å². The van der Waals surface area contributed by atoms with Crippen LogP contribution in [0.2, 0.25) is 0 Å². The van der Waals surface area contributed by atoms with Gasteiger partial charge >= 0.3 is 0 Å². The van der Waals surface area contributed by atoms with Crippen LogP contribution in [0.4, 0.5) is 5.69 Å². The van der Waals surface area contributed by atoms with Crippen molar-refractivity contribution in [3.05, 3.63) is 22.7 Å². The minimum absolute atomic E-state index is 0.258. The van der Waals surface area contributed by atoms with E-state index in [1.54, 1.807) is 16.4 Å². The van der Waals surface area contributed by atoms with Gasteiger partial charge < -0.3 is 5.73 Å². The Morgan fingerprint density at radius 3 is 2.63 bits per heavy atom. The van der Waals surface area contributed by atoms with Gasteiger partial charge in [-0.25, -0.2) is 8.42 Å². The number of rotatable bonds is 5. The molecule has 0 radical (unpaired) electrons. The van der Waals surface area contributed by atoms with Gasteiger partial charge in [-0.15, -0.1) is 0 Å². The SMILES string of the molecule is CCN(CC1CCC1)S(=O)(=O)c1cc(N)ccc1Br. The molecule has 0 atom stereocenters. The second kappa shape index (κ2) is 5.81. The molecule has 2 N–H and O–H groups in total. The standard InChI is InChI=1S/C13H19BrN2O2S/c1-2-16(9-10-4-3-5-10)19(17,18)13-8-11(15)6-7-12(13)14/h6-8,10H,2-5,9,15H2,1H3. The molecule has 106 valence electrons. The highest BCUT2D eigenvalue weighted by molar-refractivity contribution is 9.10. The second-order valence-electron chi connectivity index (χ2n) is 4.94. The van der Waals surface area contributed by atoms with Crippen LogP contribution in [0.3, 0.4) is 0 Å². The molecular formula is C13H19BrN2O2S. The molecule has 1 aromatic rings. The normalized spacial score (nSPS) is 16.6. The van der Waals surface area contributed by atoms with Crippen LogP contribution in [0.15, 0.2) is 27.6 Å².